The minimum atomic E-state index is -3.45. The van der Waals surface area contributed by atoms with E-state index in [9.17, 15) is 13.2 Å². The Morgan fingerprint density at radius 2 is 1.79 bits per heavy atom. The number of hydrogen-bond donors (Lipinski definition) is 1. The molecular weight excluding hydrogens is 396 g/mol. The number of sulfonamides is 1. The highest BCUT2D eigenvalue weighted by Crippen LogP contribution is 2.22. The van der Waals surface area contributed by atoms with Crippen LogP contribution in [-0.4, -0.2) is 27.1 Å². The van der Waals surface area contributed by atoms with Gasteiger partial charge in [0.1, 0.15) is 0 Å². The van der Waals surface area contributed by atoms with Crippen molar-refractivity contribution in [3.8, 4) is 0 Å². The van der Waals surface area contributed by atoms with Crippen LogP contribution in [0.4, 0.5) is 5.69 Å². The van der Waals surface area contributed by atoms with E-state index in [0.29, 0.717) is 17.1 Å². The van der Waals surface area contributed by atoms with Crippen molar-refractivity contribution in [3.63, 3.8) is 0 Å². The van der Waals surface area contributed by atoms with E-state index >= 15 is 0 Å². The van der Waals surface area contributed by atoms with E-state index in [1.165, 1.54) is 4.31 Å². The molecule has 0 aliphatic rings. The highest BCUT2D eigenvalue weighted by atomic mass is 35.5. The van der Waals surface area contributed by atoms with Crippen molar-refractivity contribution < 1.29 is 13.2 Å². The van der Waals surface area contributed by atoms with Gasteiger partial charge in [-0.2, -0.15) is 0 Å². The molecule has 0 aromatic heterocycles. The molecule has 28 heavy (non-hydrogen) atoms. The Morgan fingerprint density at radius 1 is 1.14 bits per heavy atom. The van der Waals surface area contributed by atoms with E-state index < -0.39 is 10.0 Å². The maximum absolute atomic E-state index is 12.3. The molecule has 0 heterocycles. The fourth-order valence-corrected chi connectivity index (χ4v) is 4.19. The number of aryl methyl sites for hydroxylation is 2. The number of nitrogens with zero attached hydrogens (tertiary/aromatic N) is 1. The Kier molecular flexibility index (Phi) is 7.49. The van der Waals surface area contributed by atoms with Gasteiger partial charge < -0.3 is 5.32 Å². The monoisotopic (exact) mass is 422 g/mol. The Bertz CT molecular complexity index is 927. The van der Waals surface area contributed by atoms with Gasteiger partial charge in [-0.3, -0.25) is 9.10 Å². The topological polar surface area (TPSA) is 66.5 Å². The van der Waals surface area contributed by atoms with Gasteiger partial charge in [0.15, 0.2) is 0 Å². The van der Waals surface area contributed by atoms with E-state index in [1.807, 2.05) is 32.9 Å². The zero-order chi connectivity index (χ0) is 20.9. The van der Waals surface area contributed by atoms with Crippen LogP contribution in [0.3, 0.4) is 0 Å². The minimum absolute atomic E-state index is 0.0991. The van der Waals surface area contributed by atoms with Gasteiger partial charge in [-0.15, -0.1) is 0 Å². The summed E-state index contributed by atoms with van der Waals surface area (Å²) in [6, 6.07) is 12.7. The van der Waals surface area contributed by atoms with Crippen LogP contribution in [-0.2, 0) is 14.8 Å². The molecule has 0 spiro atoms. The third-order valence-corrected chi connectivity index (χ3v) is 6.00. The van der Waals surface area contributed by atoms with Crippen LogP contribution in [0, 0.1) is 13.8 Å². The molecule has 0 saturated heterocycles. The number of benzene rings is 2. The predicted molar refractivity (Wildman–Crippen MR) is 115 cm³/mol. The highest BCUT2D eigenvalue weighted by molar-refractivity contribution is 7.92. The van der Waals surface area contributed by atoms with Crippen LogP contribution in [0.1, 0.15) is 42.5 Å². The fourth-order valence-electron chi connectivity index (χ4n) is 3.09. The van der Waals surface area contributed by atoms with Gasteiger partial charge in [0.25, 0.3) is 0 Å². The molecule has 0 saturated carbocycles. The lowest BCUT2D eigenvalue weighted by Crippen LogP contribution is -2.32. The van der Waals surface area contributed by atoms with Gasteiger partial charge in [0.05, 0.1) is 18.0 Å². The molecule has 1 atom stereocenters. The van der Waals surface area contributed by atoms with Crippen molar-refractivity contribution in [2.24, 2.45) is 0 Å². The van der Waals surface area contributed by atoms with Gasteiger partial charge in [-0.1, -0.05) is 35.4 Å². The van der Waals surface area contributed by atoms with Gasteiger partial charge in [0, 0.05) is 18.0 Å². The average Bonchev–Trinajstić information content (AvgIpc) is 2.60. The number of carbonyl (C=O) groups excluding carboxylic acids is 1. The third-order valence-electron chi connectivity index (χ3n) is 4.56. The number of carbonyl (C=O) groups is 1. The SMILES string of the molecule is Cc1ccc(C)c(C(C)NC(=O)CCCN(c2ccc(Cl)cc2)S(C)(=O)=O)c1. The molecule has 7 heteroatoms. The first-order chi connectivity index (χ1) is 13.1. The largest absolute Gasteiger partial charge is 0.350 e. The maximum atomic E-state index is 12.3. The molecule has 0 aliphatic heterocycles. The molecule has 2 rings (SSSR count). The summed E-state index contributed by atoms with van der Waals surface area (Å²) in [6.07, 6.45) is 1.82. The summed E-state index contributed by atoms with van der Waals surface area (Å²) >= 11 is 5.88. The van der Waals surface area contributed by atoms with Crippen molar-refractivity contribution >= 4 is 33.2 Å². The molecule has 0 aliphatic carbocycles. The summed E-state index contributed by atoms with van der Waals surface area (Å²) < 4.78 is 25.5. The Labute approximate surface area is 172 Å². The zero-order valence-corrected chi connectivity index (χ0v) is 18.3. The Hall–Kier alpha value is -2.05. The molecule has 1 unspecified atom stereocenters. The van der Waals surface area contributed by atoms with Crippen molar-refractivity contribution in [1.29, 1.82) is 0 Å². The van der Waals surface area contributed by atoms with Crippen LogP contribution in [0.25, 0.3) is 0 Å². The van der Waals surface area contributed by atoms with Crippen LogP contribution in [0.15, 0.2) is 42.5 Å². The number of amides is 1. The lowest BCUT2D eigenvalue weighted by atomic mass is 10.00. The second-order valence-corrected chi connectivity index (χ2v) is 9.41. The molecule has 0 radical (unpaired) electrons. The van der Waals surface area contributed by atoms with Crippen LogP contribution in [0.5, 0.6) is 0 Å². The number of hydrogen-bond acceptors (Lipinski definition) is 3. The minimum Gasteiger partial charge on any atom is -0.350 e. The third kappa shape index (κ3) is 6.24. The predicted octanol–water partition coefficient (Wildman–Crippen LogP) is 4.38. The molecular formula is C21H27ClN2O3S. The molecule has 1 amide bonds. The first-order valence-electron chi connectivity index (χ1n) is 9.17. The molecule has 5 nitrogen and oxygen atoms in total. The normalized spacial score (nSPS) is 12.5. The second-order valence-electron chi connectivity index (χ2n) is 7.06. The van der Waals surface area contributed by atoms with E-state index in [0.717, 1.165) is 22.9 Å². The number of halogens is 1. The van der Waals surface area contributed by atoms with Crippen molar-refractivity contribution in [2.75, 3.05) is 17.1 Å². The smallest absolute Gasteiger partial charge is 0.232 e. The van der Waals surface area contributed by atoms with E-state index in [1.54, 1.807) is 24.3 Å². The fraction of sp³-hybridized carbons (Fsp3) is 0.381. The lowest BCUT2D eigenvalue weighted by Gasteiger charge is -2.23. The van der Waals surface area contributed by atoms with Crippen LogP contribution in [0.2, 0.25) is 5.02 Å². The molecule has 2 aromatic carbocycles. The van der Waals surface area contributed by atoms with Crippen molar-refractivity contribution in [1.82, 2.24) is 5.32 Å². The lowest BCUT2D eigenvalue weighted by molar-refractivity contribution is -0.121. The van der Waals surface area contributed by atoms with Crippen molar-refractivity contribution in [2.45, 2.75) is 39.7 Å². The highest BCUT2D eigenvalue weighted by Gasteiger charge is 2.18. The first kappa shape index (κ1) is 22.2. The summed E-state index contributed by atoms with van der Waals surface area (Å²) in [5.74, 6) is -0.0991. The average molecular weight is 423 g/mol. The number of rotatable bonds is 8. The molecule has 152 valence electrons. The van der Waals surface area contributed by atoms with Gasteiger partial charge in [-0.25, -0.2) is 8.42 Å². The van der Waals surface area contributed by atoms with Crippen LogP contribution < -0.4 is 9.62 Å². The Balaban J connectivity index is 1.95. The summed E-state index contributed by atoms with van der Waals surface area (Å²) in [7, 11) is -3.45. The van der Waals surface area contributed by atoms with E-state index in [4.69, 9.17) is 11.6 Å². The van der Waals surface area contributed by atoms with E-state index in [2.05, 4.69) is 11.4 Å². The molecule has 0 bridgehead atoms. The Morgan fingerprint density at radius 3 is 2.39 bits per heavy atom. The summed E-state index contributed by atoms with van der Waals surface area (Å²) in [5.41, 5.74) is 3.90. The summed E-state index contributed by atoms with van der Waals surface area (Å²) in [6.45, 7) is 6.23. The maximum Gasteiger partial charge on any atom is 0.232 e. The molecule has 1 N–H and O–H groups in total. The second kappa shape index (κ2) is 9.43. The quantitative estimate of drug-likeness (QED) is 0.686. The van der Waals surface area contributed by atoms with Gasteiger partial charge in [0.2, 0.25) is 15.9 Å². The molecule has 0 fully saturated rings. The number of nitrogens with one attached hydrogen (secondary N) is 1. The van der Waals surface area contributed by atoms with Crippen LogP contribution >= 0.6 is 11.6 Å². The van der Waals surface area contributed by atoms with Crippen molar-refractivity contribution in [3.05, 3.63) is 64.2 Å². The molecule has 2 aromatic rings. The summed E-state index contributed by atoms with van der Waals surface area (Å²) in [5, 5.41) is 3.54. The number of anilines is 1. The standard InChI is InChI=1S/C21H27ClN2O3S/c1-15-7-8-16(2)20(14-15)17(3)23-21(25)6-5-13-24(28(4,26)27)19-11-9-18(22)10-12-19/h7-12,14,17H,5-6,13H2,1-4H3,(H,23,25). The zero-order valence-electron chi connectivity index (χ0n) is 16.7. The summed E-state index contributed by atoms with van der Waals surface area (Å²) in [4.78, 5) is 12.3. The van der Waals surface area contributed by atoms with Gasteiger partial charge >= 0.3 is 0 Å². The van der Waals surface area contributed by atoms with Gasteiger partial charge in [-0.05, 0) is 62.6 Å². The first-order valence-corrected chi connectivity index (χ1v) is 11.4. The van der Waals surface area contributed by atoms with E-state index in [-0.39, 0.29) is 24.9 Å².